The molecule has 2 aromatic heterocycles. The second-order valence-corrected chi connectivity index (χ2v) is 6.52. The fourth-order valence-electron chi connectivity index (χ4n) is 2.10. The summed E-state index contributed by atoms with van der Waals surface area (Å²) in [6, 6.07) is 9.60. The molecular weight excluding hydrogens is 318 g/mol. The number of rotatable bonds is 6. The lowest BCUT2D eigenvalue weighted by molar-refractivity contribution is -0.123. The van der Waals surface area contributed by atoms with Crippen LogP contribution in [0, 0.1) is 0 Å². The molecule has 0 aliphatic carbocycles. The summed E-state index contributed by atoms with van der Waals surface area (Å²) in [5, 5.41) is 4.98. The van der Waals surface area contributed by atoms with E-state index in [0.29, 0.717) is 5.75 Å². The Morgan fingerprint density at radius 1 is 1.32 bits per heavy atom. The number of nitrogens with zero attached hydrogens (tertiary/aromatic N) is 2. The van der Waals surface area contributed by atoms with Crippen LogP contribution < -0.4 is 10.1 Å². The number of fused-ring (bicyclic) bond motifs is 1. The monoisotopic (exact) mass is 333 g/mol. The molecule has 0 saturated heterocycles. The van der Waals surface area contributed by atoms with Crippen LogP contribution in [-0.4, -0.2) is 27.3 Å². The number of hydrogen-bond acceptors (Lipinski definition) is 6. The van der Waals surface area contributed by atoms with Gasteiger partial charge in [0.05, 0.1) is 11.7 Å². The topological polar surface area (TPSA) is 64.1 Å². The molecule has 0 aliphatic rings. The highest BCUT2D eigenvalue weighted by atomic mass is 32.1. The van der Waals surface area contributed by atoms with Crippen LogP contribution >= 0.6 is 23.1 Å². The van der Waals surface area contributed by atoms with Crippen LogP contribution in [0.15, 0.2) is 35.7 Å². The van der Waals surface area contributed by atoms with Crippen molar-refractivity contribution >= 4 is 40.0 Å². The normalized spacial score (nSPS) is 12.2. The minimum Gasteiger partial charge on any atom is -0.484 e. The third-order valence-electron chi connectivity index (χ3n) is 3.09. The summed E-state index contributed by atoms with van der Waals surface area (Å²) in [5.41, 5.74) is 1.63. The molecule has 1 N–H and O–H groups in total. The SMILES string of the molecule is C[C@@H](Cc1cccs1)NC(=O)COc1ccc2nsnc2c1. The van der Waals surface area contributed by atoms with Gasteiger partial charge >= 0.3 is 0 Å². The third kappa shape index (κ3) is 3.80. The number of amides is 1. The van der Waals surface area contributed by atoms with Gasteiger partial charge in [-0.25, -0.2) is 0 Å². The average molecular weight is 333 g/mol. The molecule has 7 heteroatoms. The molecule has 114 valence electrons. The molecule has 0 bridgehead atoms. The Balaban J connectivity index is 1.49. The van der Waals surface area contributed by atoms with Gasteiger partial charge in [0.25, 0.3) is 5.91 Å². The molecule has 3 rings (SSSR count). The van der Waals surface area contributed by atoms with Gasteiger partial charge in [0.15, 0.2) is 6.61 Å². The van der Waals surface area contributed by atoms with Gasteiger partial charge in [0, 0.05) is 23.4 Å². The predicted octanol–water partition coefficient (Wildman–Crippen LogP) is 2.88. The van der Waals surface area contributed by atoms with Crippen LogP contribution in [0.5, 0.6) is 5.75 Å². The van der Waals surface area contributed by atoms with Crippen molar-refractivity contribution in [3.63, 3.8) is 0 Å². The summed E-state index contributed by atoms with van der Waals surface area (Å²) in [6.07, 6.45) is 0.833. The van der Waals surface area contributed by atoms with E-state index in [9.17, 15) is 4.79 Å². The number of carbonyl (C=O) groups excluding carboxylic acids is 1. The molecule has 0 fully saturated rings. The number of benzene rings is 1. The number of thiophene rings is 1. The van der Waals surface area contributed by atoms with Crippen LogP contribution in [0.4, 0.5) is 0 Å². The summed E-state index contributed by atoms with van der Waals surface area (Å²) < 4.78 is 13.8. The van der Waals surface area contributed by atoms with E-state index >= 15 is 0 Å². The first-order valence-electron chi connectivity index (χ1n) is 6.87. The Hall–Kier alpha value is -1.99. The zero-order valence-corrected chi connectivity index (χ0v) is 13.6. The third-order valence-corrected chi connectivity index (χ3v) is 4.55. The van der Waals surface area contributed by atoms with Crippen molar-refractivity contribution in [1.82, 2.24) is 14.1 Å². The van der Waals surface area contributed by atoms with Gasteiger partial charge < -0.3 is 10.1 Å². The molecule has 0 unspecified atom stereocenters. The lowest BCUT2D eigenvalue weighted by Gasteiger charge is -2.13. The van der Waals surface area contributed by atoms with Crippen molar-refractivity contribution in [2.24, 2.45) is 0 Å². The minimum atomic E-state index is -0.124. The maximum atomic E-state index is 11.9. The average Bonchev–Trinajstić information content (AvgIpc) is 3.15. The number of hydrogen-bond donors (Lipinski definition) is 1. The summed E-state index contributed by atoms with van der Waals surface area (Å²) in [4.78, 5) is 13.2. The first kappa shape index (κ1) is 14.9. The summed E-state index contributed by atoms with van der Waals surface area (Å²) in [5.74, 6) is 0.502. The second kappa shape index (κ2) is 6.85. The molecule has 3 aromatic rings. The largest absolute Gasteiger partial charge is 0.484 e. The van der Waals surface area contributed by atoms with Gasteiger partial charge in [-0.15, -0.1) is 11.3 Å². The van der Waals surface area contributed by atoms with Crippen LogP contribution in [0.25, 0.3) is 11.0 Å². The van der Waals surface area contributed by atoms with Gasteiger partial charge in [-0.2, -0.15) is 8.75 Å². The Kier molecular flexibility index (Phi) is 4.65. The van der Waals surface area contributed by atoms with Gasteiger partial charge in [-0.3, -0.25) is 4.79 Å². The van der Waals surface area contributed by atoms with Gasteiger partial charge in [-0.05, 0) is 30.5 Å². The molecule has 0 radical (unpaired) electrons. The number of ether oxygens (including phenoxy) is 1. The van der Waals surface area contributed by atoms with E-state index in [4.69, 9.17) is 4.74 Å². The molecule has 2 heterocycles. The highest BCUT2D eigenvalue weighted by Crippen LogP contribution is 2.18. The molecule has 0 spiro atoms. The molecule has 0 saturated carbocycles. The van der Waals surface area contributed by atoms with Crippen LogP contribution in [0.2, 0.25) is 0 Å². The molecule has 0 aliphatic heterocycles. The molecular formula is C15H15N3O2S2. The first-order valence-corrected chi connectivity index (χ1v) is 8.48. The van der Waals surface area contributed by atoms with Crippen molar-refractivity contribution in [2.75, 3.05) is 6.61 Å². The summed E-state index contributed by atoms with van der Waals surface area (Å²) in [6.45, 7) is 1.99. The highest BCUT2D eigenvalue weighted by molar-refractivity contribution is 7.09. The zero-order chi connectivity index (χ0) is 15.4. The molecule has 1 amide bonds. The number of carbonyl (C=O) groups is 1. The Bertz CT molecular complexity index is 755. The molecule has 1 aromatic carbocycles. The van der Waals surface area contributed by atoms with E-state index < -0.39 is 0 Å². The fourth-order valence-corrected chi connectivity index (χ4v) is 3.45. The van der Waals surface area contributed by atoms with Crippen LogP contribution in [-0.2, 0) is 11.2 Å². The minimum absolute atomic E-state index is 0.00213. The van der Waals surface area contributed by atoms with Crippen LogP contribution in [0.1, 0.15) is 11.8 Å². The zero-order valence-electron chi connectivity index (χ0n) is 12.0. The van der Waals surface area contributed by atoms with Crippen LogP contribution in [0.3, 0.4) is 0 Å². The summed E-state index contributed by atoms with van der Waals surface area (Å²) >= 11 is 2.86. The Labute approximate surface area is 136 Å². The van der Waals surface area contributed by atoms with Gasteiger partial charge in [0.1, 0.15) is 16.8 Å². The predicted molar refractivity (Wildman–Crippen MR) is 88.5 cm³/mol. The van der Waals surface area contributed by atoms with Gasteiger partial charge in [0.2, 0.25) is 0 Å². The molecule has 5 nitrogen and oxygen atoms in total. The van der Waals surface area contributed by atoms with Crippen molar-refractivity contribution in [3.8, 4) is 5.75 Å². The van der Waals surface area contributed by atoms with Crippen molar-refractivity contribution < 1.29 is 9.53 Å². The van der Waals surface area contributed by atoms with Crippen molar-refractivity contribution in [3.05, 3.63) is 40.6 Å². The summed E-state index contributed by atoms with van der Waals surface area (Å²) in [7, 11) is 0. The lowest BCUT2D eigenvalue weighted by Crippen LogP contribution is -2.37. The maximum Gasteiger partial charge on any atom is 0.258 e. The van der Waals surface area contributed by atoms with E-state index in [1.54, 1.807) is 23.5 Å². The quantitative estimate of drug-likeness (QED) is 0.753. The number of aromatic nitrogens is 2. The highest BCUT2D eigenvalue weighted by Gasteiger charge is 2.10. The van der Waals surface area contributed by atoms with Gasteiger partial charge in [-0.1, -0.05) is 6.07 Å². The Morgan fingerprint density at radius 3 is 3.00 bits per heavy atom. The maximum absolute atomic E-state index is 11.9. The Morgan fingerprint density at radius 2 is 2.18 bits per heavy atom. The standard InChI is InChI=1S/C15H15N3O2S2/c1-10(7-12-3-2-6-21-12)16-15(19)9-20-11-4-5-13-14(8-11)18-22-17-13/h2-6,8,10H,7,9H2,1H3,(H,16,19)/t10-/m0/s1. The number of nitrogens with one attached hydrogen (secondary N) is 1. The van der Waals surface area contributed by atoms with E-state index in [1.165, 1.54) is 4.88 Å². The fraction of sp³-hybridized carbons (Fsp3) is 0.267. The van der Waals surface area contributed by atoms with E-state index in [1.807, 2.05) is 24.4 Å². The smallest absolute Gasteiger partial charge is 0.258 e. The molecule has 1 atom stereocenters. The lowest BCUT2D eigenvalue weighted by atomic mass is 10.2. The van der Waals surface area contributed by atoms with E-state index in [-0.39, 0.29) is 18.6 Å². The van der Waals surface area contributed by atoms with Crippen molar-refractivity contribution in [2.45, 2.75) is 19.4 Å². The van der Waals surface area contributed by atoms with Crippen molar-refractivity contribution in [1.29, 1.82) is 0 Å². The van der Waals surface area contributed by atoms with E-state index in [0.717, 1.165) is 29.2 Å². The van der Waals surface area contributed by atoms with E-state index in [2.05, 4.69) is 20.1 Å². The second-order valence-electron chi connectivity index (χ2n) is 4.96. The first-order chi connectivity index (χ1) is 10.7. The molecule has 22 heavy (non-hydrogen) atoms.